The molecule has 0 aliphatic rings. The molecule has 4 unspecified atom stereocenters. The first-order valence-electron chi connectivity index (χ1n) is 37.1. The summed E-state index contributed by atoms with van der Waals surface area (Å²) in [5, 5.41) is 10.6. The third-order valence-electron chi connectivity index (χ3n) is 17.2. The number of carbonyl (C=O) groups excluding carboxylic acids is 4. The summed E-state index contributed by atoms with van der Waals surface area (Å²) in [6, 6.07) is 0. The molecule has 0 aromatic heterocycles. The van der Waals surface area contributed by atoms with Gasteiger partial charge in [-0.2, -0.15) is 0 Å². The average Bonchev–Trinajstić information content (AvgIpc) is 3.31. The van der Waals surface area contributed by atoms with Gasteiger partial charge in [-0.3, -0.25) is 37.3 Å². The molecule has 0 heterocycles. The zero-order chi connectivity index (χ0) is 66.5. The van der Waals surface area contributed by atoms with Gasteiger partial charge in [0.25, 0.3) is 0 Å². The quantitative estimate of drug-likeness (QED) is 0.0222. The van der Waals surface area contributed by atoms with Gasteiger partial charge >= 0.3 is 39.5 Å². The lowest BCUT2D eigenvalue weighted by atomic mass is 10.00. The Labute approximate surface area is 549 Å². The number of phosphoric ester groups is 2. The molecule has 0 saturated heterocycles. The topological polar surface area (TPSA) is 237 Å². The van der Waals surface area contributed by atoms with Crippen LogP contribution in [0.1, 0.15) is 363 Å². The third-order valence-corrected chi connectivity index (χ3v) is 19.1. The molecule has 17 nitrogen and oxygen atoms in total. The van der Waals surface area contributed by atoms with Gasteiger partial charge in [-0.1, -0.05) is 311 Å². The van der Waals surface area contributed by atoms with Crippen molar-refractivity contribution in [3.63, 3.8) is 0 Å². The van der Waals surface area contributed by atoms with Gasteiger partial charge in [0.05, 0.1) is 26.4 Å². The van der Waals surface area contributed by atoms with Crippen molar-refractivity contribution in [2.24, 2.45) is 11.8 Å². The second kappa shape index (κ2) is 63.1. The van der Waals surface area contributed by atoms with E-state index < -0.39 is 97.5 Å². The number of carbonyl (C=O) groups is 4. The molecule has 0 radical (unpaired) electrons. The van der Waals surface area contributed by atoms with Gasteiger partial charge < -0.3 is 33.8 Å². The van der Waals surface area contributed by atoms with Crippen molar-refractivity contribution in [1.82, 2.24) is 0 Å². The van der Waals surface area contributed by atoms with Gasteiger partial charge in [0, 0.05) is 25.7 Å². The van der Waals surface area contributed by atoms with E-state index in [0.717, 1.165) is 108 Å². The summed E-state index contributed by atoms with van der Waals surface area (Å²) in [5.41, 5.74) is 0. The van der Waals surface area contributed by atoms with E-state index in [1.807, 2.05) is 0 Å². The Morgan fingerprint density at radius 2 is 0.533 bits per heavy atom. The van der Waals surface area contributed by atoms with Gasteiger partial charge in [-0.15, -0.1) is 0 Å². The summed E-state index contributed by atoms with van der Waals surface area (Å²) in [7, 11) is -9.90. The van der Waals surface area contributed by atoms with Crippen LogP contribution >= 0.6 is 15.6 Å². The minimum absolute atomic E-state index is 0.102. The van der Waals surface area contributed by atoms with Crippen LogP contribution in [0.2, 0.25) is 0 Å². The number of hydrogen-bond donors (Lipinski definition) is 3. The molecule has 0 rings (SSSR count). The van der Waals surface area contributed by atoms with Crippen molar-refractivity contribution in [2.45, 2.75) is 381 Å². The van der Waals surface area contributed by atoms with Crippen LogP contribution in [0.5, 0.6) is 0 Å². The maximum Gasteiger partial charge on any atom is 0.472 e. The second-order valence-corrected chi connectivity index (χ2v) is 29.0. The molecule has 0 aliphatic carbocycles. The molecule has 0 aromatic carbocycles. The van der Waals surface area contributed by atoms with E-state index in [2.05, 4.69) is 41.5 Å². The standard InChI is InChI=1S/C71H138O17P2/c1-7-11-13-15-17-19-21-23-25-27-29-31-33-41-47-53-68(73)81-59-66(87-70(75)55-49-43-34-32-30-28-26-24-22-20-18-16-14-12-8-2)61-85-89(77,78)83-57-65(72)58-84-90(79,80)86-62-67(88-71(76)56-50-44-38-36-40-46-52-64(6)10-4)60-82-69(74)54-48-42-37-35-39-45-51-63(5)9-3/h63-67,72H,7-62H2,1-6H3,(H,77,78)(H,79,80)/t63?,64?,65-,66-,67-/m1/s1. The number of hydrogen-bond acceptors (Lipinski definition) is 15. The maximum absolute atomic E-state index is 13.0. The Kier molecular flexibility index (Phi) is 61.8. The van der Waals surface area contributed by atoms with Crippen molar-refractivity contribution in [2.75, 3.05) is 39.6 Å². The zero-order valence-corrected chi connectivity index (χ0v) is 60.2. The fourth-order valence-corrected chi connectivity index (χ4v) is 12.3. The Morgan fingerprint density at radius 1 is 0.311 bits per heavy atom. The molecule has 0 spiro atoms. The highest BCUT2D eigenvalue weighted by atomic mass is 31.2. The Morgan fingerprint density at radius 3 is 0.789 bits per heavy atom. The molecule has 19 heteroatoms. The van der Waals surface area contributed by atoms with Crippen LogP contribution in [0.4, 0.5) is 0 Å². The highest BCUT2D eigenvalue weighted by Gasteiger charge is 2.30. The van der Waals surface area contributed by atoms with Gasteiger partial charge in [0.1, 0.15) is 19.3 Å². The first-order valence-corrected chi connectivity index (χ1v) is 40.1. The Bertz CT molecular complexity index is 1760. The molecule has 0 aromatic rings. The number of unbranched alkanes of at least 4 members (excludes halogenated alkanes) is 38. The smallest absolute Gasteiger partial charge is 0.462 e. The monoisotopic (exact) mass is 1320 g/mol. The van der Waals surface area contributed by atoms with Crippen molar-refractivity contribution in [1.29, 1.82) is 0 Å². The second-order valence-electron chi connectivity index (χ2n) is 26.1. The van der Waals surface area contributed by atoms with Crippen LogP contribution in [0.3, 0.4) is 0 Å². The Balaban J connectivity index is 5.25. The highest BCUT2D eigenvalue weighted by molar-refractivity contribution is 7.47. The predicted octanol–water partition coefficient (Wildman–Crippen LogP) is 20.4. The summed E-state index contributed by atoms with van der Waals surface area (Å²) in [6.07, 6.45) is 48.6. The van der Waals surface area contributed by atoms with E-state index in [-0.39, 0.29) is 25.7 Å². The van der Waals surface area contributed by atoms with Crippen molar-refractivity contribution in [3.8, 4) is 0 Å². The van der Waals surface area contributed by atoms with Crippen LogP contribution in [-0.2, 0) is 65.4 Å². The molecular weight excluding hydrogens is 1190 g/mol. The molecule has 534 valence electrons. The van der Waals surface area contributed by atoms with Crippen LogP contribution in [0.25, 0.3) is 0 Å². The number of aliphatic hydroxyl groups is 1. The lowest BCUT2D eigenvalue weighted by molar-refractivity contribution is -0.161. The first-order chi connectivity index (χ1) is 43.4. The predicted molar refractivity (Wildman–Crippen MR) is 363 cm³/mol. The summed E-state index contributed by atoms with van der Waals surface area (Å²) in [5.74, 6) is -0.674. The molecule has 0 amide bonds. The fraction of sp³-hybridized carbons (Fsp3) is 0.944. The minimum atomic E-state index is -4.95. The number of ether oxygens (including phenoxy) is 4. The number of phosphoric acid groups is 2. The van der Waals surface area contributed by atoms with Crippen LogP contribution in [0, 0.1) is 11.8 Å². The molecule has 7 atom stereocenters. The average molecular weight is 1330 g/mol. The zero-order valence-electron chi connectivity index (χ0n) is 58.4. The van der Waals surface area contributed by atoms with Gasteiger partial charge in [-0.05, 0) is 37.5 Å². The molecule has 0 fully saturated rings. The molecule has 0 saturated carbocycles. The largest absolute Gasteiger partial charge is 0.472 e. The SMILES string of the molecule is CCCCCCCCCCCCCCCCCC(=O)OC[C@H](COP(=O)(O)OC[C@@H](O)COP(=O)(O)OC[C@@H](COC(=O)CCCCCCCCC(C)CC)OC(=O)CCCCCCCCC(C)CC)OC(=O)CCCCCCCCCCCCCCCCC. The van der Waals surface area contributed by atoms with E-state index in [1.54, 1.807) is 0 Å². The van der Waals surface area contributed by atoms with Gasteiger partial charge in [0.2, 0.25) is 0 Å². The van der Waals surface area contributed by atoms with Crippen LogP contribution in [-0.4, -0.2) is 96.7 Å². The van der Waals surface area contributed by atoms with E-state index in [0.29, 0.717) is 25.7 Å². The first kappa shape index (κ1) is 88.1. The van der Waals surface area contributed by atoms with E-state index in [4.69, 9.17) is 37.0 Å². The fourth-order valence-electron chi connectivity index (χ4n) is 10.7. The number of rotatable bonds is 70. The van der Waals surface area contributed by atoms with E-state index in [1.165, 1.54) is 173 Å². The summed E-state index contributed by atoms with van der Waals surface area (Å²) < 4.78 is 68.3. The normalized spacial score (nSPS) is 14.7. The van der Waals surface area contributed by atoms with E-state index in [9.17, 15) is 43.2 Å². The molecule has 90 heavy (non-hydrogen) atoms. The molecule has 0 aliphatic heterocycles. The highest BCUT2D eigenvalue weighted by Crippen LogP contribution is 2.45. The van der Waals surface area contributed by atoms with Crippen LogP contribution in [0.15, 0.2) is 0 Å². The summed E-state index contributed by atoms with van der Waals surface area (Å²) in [6.45, 7) is 9.47. The summed E-state index contributed by atoms with van der Waals surface area (Å²) in [4.78, 5) is 72.6. The number of esters is 4. The van der Waals surface area contributed by atoms with Crippen LogP contribution < -0.4 is 0 Å². The van der Waals surface area contributed by atoms with E-state index >= 15 is 0 Å². The summed E-state index contributed by atoms with van der Waals surface area (Å²) >= 11 is 0. The lowest BCUT2D eigenvalue weighted by Crippen LogP contribution is -2.30. The minimum Gasteiger partial charge on any atom is -0.462 e. The number of aliphatic hydroxyl groups excluding tert-OH is 1. The maximum atomic E-state index is 13.0. The lowest BCUT2D eigenvalue weighted by Gasteiger charge is -2.21. The van der Waals surface area contributed by atoms with Crippen molar-refractivity contribution < 1.29 is 80.2 Å². The molecule has 0 bridgehead atoms. The molecular formula is C71H138O17P2. The Hall–Kier alpha value is -1.94. The van der Waals surface area contributed by atoms with Gasteiger partial charge in [0.15, 0.2) is 12.2 Å². The van der Waals surface area contributed by atoms with Crippen molar-refractivity contribution in [3.05, 3.63) is 0 Å². The van der Waals surface area contributed by atoms with Crippen molar-refractivity contribution >= 4 is 39.5 Å². The van der Waals surface area contributed by atoms with Gasteiger partial charge in [-0.25, -0.2) is 9.13 Å². The third kappa shape index (κ3) is 62.2. The molecule has 3 N–H and O–H groups in total.